The molecule has 1 amide bonds. The fourth-order valence-electron chi connectivity index (χ4n) is 1.99. The molecule has 2 rings (SSSR count). The predicted molar refractivity (Wildman–Crippen MR) is 85.9 cm³/mol. The van der Waals surface area contributed by atoms with E-state index in [0.29, 0.717) is 12.1 Å². The molecule has 0 spiro atoms. The molecule has 2 aromatic carbocycles. The molecule has 0 aliphatic carbocycles. The average Bonchev–Trinajstić information content (AvgIpc) is 2.48. The summed E-state index contributed by atoms with van der Waals surface area (Å²) in [6, 6.07) is 14.0. The highest BCUT2D eigenvalue weighted by Gasteiger charge is 2.10. The van der Waals surface area contributed by atoms with Crippen LogP contribution >= 0.6 is 15.9 Å². The summed E-state index contributed by atoms with van der Waals surface area (Å²) in [6.07, 6.45) is 1.03. The molecule has 2 nitrogen and oxygen atoms in total. The van der Waals surface area contributed by atoms with E-state index in [-0.39, 0.29) is 5.91 Å². The van der Waals surface area contributed by atoms with Crippen molar-refractivity contribution in [3.63, 3.8) is 0 Å². The van der Waals surface area contributed by atoms with Crippen LogP contribution < -0.4 is 5.32 Å². The number of rotatable bonds is 4. The lowest BCUT2D eigenvalue weighted by molar-refractivity contribution is 0.0950. The molecular formula is C17H18BrNO. The van der Waals surface area contributed by atoms with Crippen LogP contribution in [0.15, 0.2) is 46.9 Å². The third-order valence-electron chi connectivity index (χ3n) is 3.32. The third kappa shape index (κ3) is 3.48. The second-order valence-electron chi connectivity index (χ2n) is 4.79. The third-order valence-corrected chi connectivity index (χ3v) is 4.37. The molecule has 0 fully saturated rings. The first-order valence-corrected chi connectivity index (χ1v) is 7.52. The molecule has 0 heterocycles. The van der Waals surface area contributed by atoms with E-state index in [0.717, 1.165) is 22.0 Å². The topological polar surface area (TPSA) is 29.1 Å². The summed E-state index contributed by atoms with van der Waals surface area (Å²) in [4.78, 5) is 12.2. The highest BCUT2D eigenvalue weighted by atomic mass is 79.9. The van der Waals surface area contributed by atoms with Crippen molar-refractivity contribution >= 4 is 21.8 Å². The maximum absolute atomic E-state index is 12.2. The predicted octanol–water partition coefficient (Wildman–Crippen LogP) is 4.25. The van der Waals surface area contributed by atoms with Gasteiger partial charge in [-0.15, -0.1) is 0 Å². The molecule has 0 aromatic heterocycles. The Bertz CT molecular complexity index is 605. The number of benzene rings is 2. The van der Waals surface area contributed by atoms with Gasteiger partial charge >= 0.3 is 0 Å². The van der Waals surface area contributed by atoms with E-state index in [9.17, 15) is 4.79 Å². The molecule has 0 saturated carbocycles. The maximum atomic E-state index is 12.2. The van der Waals surface area contributed by atoms with Crippen molar-refractivity contribution in [3.8, 4) is 0 Å². The van der Waals surface area contributed by atoms with Crippen LogP contribution in [0.4, 0.5) is 0 Å². The van der Waals surface area contributed by atoms with E-state index in [2.05, 4.69) is 52.4 Å². The molecular weight excluding hydrogens is 314 g/mol. The SMILES string of the molecule is CCc1ccc(CNC(=O)c2cccc(C)c2Br)cc1. The fraction of sp³-hybridized carbons (Fsp3) is 0.235. The number of hydrogen-bond donors (Lipinski definition) is 1. The second-order valence-corrected chi connectivity index (χ2v) is 5.58. The molecule has 0 aliphatic heterocycles. The number of hydrogen-bond acceptors (Lipinski definition) is 1. The molecule has 1 N–H and O–H groups in total. The van der Waals surface area contributed by atoms with Gasteiger partial charge in [0.1, 0.15) is 0 Å². The Hall–Kier alpha value is -1.61. The van der Waals surface area contributed by atoms with Gasteiger partial charge in [0.15, 0.2) is 0 Å². The summed E-state index contributed by atoms with van der Waals surface area (Å²) in [6.45, 7) is 4.65. The van der Waals surface area contributed by atoms with Gasteiger partial charge in [-0.3, -0.25) is 4.79 Å². The molecule has 0 aliphatic rings. The Balaban J connectivity index is 2.02. The number of nitrogens with one attached hydrogen (secondary N) is 1. The van der Waals surface area contributed by atoms with Gasteiger partial charge in [-0.05, 0) is 52.0 Å². The molecule has 0 radical (unpaired) electrons. The summed E-state index contributed by atoms with van der Waals surface area (Å²) < 4.78 is 0.860. The Morgan fingerprint density at radius 2 is 1.75 bits per heavy atom. The molecule has 0 unspecified atom stereocenters. The summed E-state index contributed by atoms with van der Waals surface area (Å²) >= 11 is 3.47. The molecule has 3 heteroatoms. The Morgan fingerprint density at radius 1 is 1.10 bits per heavy atom. The zero-order chi connectivity index (χ0) is 14.5. The van der Waals surface area contributed by atoms with Gasteiger partial charge in [-0.2, -0.15) is 0 Å². The summed E-state index contributed by atoms with van der Waals surface area (Å²) in [7, 11) is 0. The van der Waals surface area contributed by atoms with Gasteiger partial charge in [-0.25, -0.2) is 0 Å². The van der Waals surface area contributed by atoms with Gasteiger partial charge in [0.2, 0.25) is 0 Å². The molecule has 0 saturated heterocycles. The van der Waals surface area contributed by atoms with E-state index >= 15 is 0 Å². The maximum Gasteiger partial charge on any atom is 0.252 e. The van der Waals surface area contributed by atoms with E-state index in [1.165, 1.54) is 5.56 Å². The molecule has 20 heavy (non-hydrogen) atoms. The highest BCUT2D eigenvalue weighted by molar-refractivity contribution is 9.10. The first kappa shape index (κ1) is 14.8. The number of halogens is 1. The smallest absolute Gasteiger partial charge is 0.252 e. The Morgan fingerprint density at radius 3 is 2.40 bits per heavy atom. The van der Waals surface area contributed by atoms with Crippen molar-refractivity contribution in [1.82, 2.24) is 5.32 Å². The first-order chi connectivity index (χ1) is 9.61. The monoisotopic (exact) mass is 331 g/mol. The zero-order valence-electron chi connectivity index (χ0n) is 11.7. The van der Waals surface area contributed by atoms with Crippen molar-refractivity contribution in [1.29, 1.82) is 0 Å². The van der Waals surface area contributed by atoms with Gasteiger partial charge in [0.05, 0.1) is 5.56 Å². The largest absolute Gasteiger partial charge is 0.348 e. The minimum atomic E-state index is -0.0554. The molecule has 2 aromatic rings. The standard InChI is InChI=1S/C17H18BrNO/c1-3-13-7-9-14(10-8-13)11-19-17(20)15-6-4-5-12(2)16(15)18/h4-10H,3,11H2,1-2H3,(H,19,20). The lowest BCUT2D eigenvalue weighted by atomic mass is 10.1. The van der Waals surface area contributed by atoms with E-state index < -0.39 is 0 Å². The minimum Gasteiger partial charge on any atom is -0.348 e. The van der Waals surface area contributed by atoms with Crippen LogP contribution in [0.25, 0.3) is 0 Å². The van der Waals surface area contributed by atoms with Crippen LogP contribution in [-0.2, 0) is 13.0 Å². The minimum absolute atomic E-state index is 0.0554. The number of amides is 1. The molecule has 0 bridgehead atoms. The van der Waals surface area contributed by atoms with Crippen molar-refractivity contribution < 1.29 is 4.79 Å². The van der Waals surface area contributed by atoms with Crippen LogP contribution in [0.2, 0.25) is 0 Å². The summed E-state index contributed by atoms with van der Waals surface area (Å²) in [5.74, 6) is -0.0554. The van der Waals surface area contributed by atoms with Gasteiger partial charge in [0, 0.05) is 11.0 Å². The van der Waals surface area contributed by atoms with Crippen molar-refractivity contribution in [2.45, 2.75) is 26.8 Å². The van der Waals surface area contributed by atoms with Crippen molar-refractivity contribution in [2.24, 2.45) is 0 Å². The van der Waals surface area contributed by atoms with Crippen LogP contribution in [0.5, 0.6) is 0 Å². The molecule has 104 valence electrons. The fourth-order valence-corrected chi connectivity index (χ4v) is 2.44. The van der Waals surface area contributed by atoms with Crippen LogP contribution in [-0.4, -0.2) is 5.91 Å². The average molecular weight is 332 g/mol. The number of carbonyl (C=O) groups is 1. The number of carbonyl (C=O) groups excluding carboxylic acids is 1. The van der Waals surface area contributed by atoms with Gasteiger partial charge in [0.25, 0.3) is 5.91 Å². The van der Waals surface area contributed by atoms with Gasteiger partial charge < -0.3 is 5.32 Å². The zero-order valence-corrected chi connectivity index (χ0v) is 13.3. The lowest BCUT2D eigenvalue weighted by Crippen LogP contribution is -2.23. The Labute approximate surface area is 128 Å². The second kappa shape index (κ2) is 6.71. The quantitative estimate of drug-likeness (QED) is 0.891. The van der Waals surface area contributed by atoms with E-state index in [4.69, 9.17) is 0 Å². The van der Waals surface area contributed by atoms with Crippen LogP contribution in [0, 0.1) is 6.92 Å². The number of aryl methyl sites for hydroxylation is 2. The summed E-state index contributed by atoms with van der Waals surface area (Å²) in [5, 5.41) is 2.95. The van der Waals surface area contributed by atoms with E-state index in [1.807, 2.05) is 25.1 Å². The van der Waals surface area contributed by atoms with Gasteiger partial charge in [-0.1, -0.05) is 43.3 Å². The van der Waals surface area contributed by atoms with Crippen LogP contribution in [0.1, 0.15) is 34.0 Å². The van der Waals surface area contributed by atoms with Crippen LogP contribution in [0.3, 0.4) is 0 Å². The van der Waals surface area contributed by atoms with E-state index in [1.54, 1.807) is 0 Å². The Kier molecular flexibility index (Phi) is 4.96. The molecule has 0 atom stereocenters. The normalized spacial score (nSPS) is 10.3. The highest BCUT2D eigenvalue weighted by Crippen LogP contribution is 2.20. The van der Waals surface area contributed by atoms with Crippen molar-refractivity contribution in [3.05, 3.63) is 69.2 Å². The lowest BCUT2D eigenvalue weighted by Gasteiger charge is -2.09. The van der Waals surface area contributed by atoms with Crippen molar-refractivity contribution in [2.75, 3.05) is 0 Å². The first-order valence-electron chi connectivity index (χ1n) is 6.73. The summed E-state index contributed by atoms with van der Waals surface area (Å²) in [5.41, 5.74) is 4.15.